The van der Waals surface area contributed by atoms with Crippen molar-refractivity contribution < 1.29 is 4.79 Å². The number of carbonyl (C=O) groups is 1. The molecule has 1 aromatic carbocycles. The zero-order valence-electron chi connectivity index (χ0n) is 8.84. The van der Waals surface area contributed by atoms with Crippen LogP contribution in [0.1, 0.15) is 16.1 Å². The first-order chi connectivity index (χ1) is 7.58. The van der Waals surface area contributed by atoms with Crippen molar-refractivity contribution in [3.05, 3.63) is 41.6 Å². The third kappa shape index (κ3) is 1.75. The van der Waals surface area contributed by atoms with Crippen LogP contribution in [0.4, 0.5) is 11.5 Å². The van der Waals surface area contributed by atoms with Gasteiger partial charge in [0.15, 0.2) is 0 Å². The number of benzene rings is 1. The minimum Gasteiger partial charge on any atom is -0.399 e. The van der Waals surface area contributed by atoms with Crippen molar-refractivity contribution >= 4 is 17.4 Å². The molecule has 5 heteroatoms. The summed E-state index contributed by atoms with van der Waals surface area (Å²) in [5, 5.41) is 4.02. The average Bonchev–Trinajstić information content (AvgIpc) is 2.58. The van der Waals surface area contributed by atoms with E-state index in [2.05, 4.69) is 5.10 Å². The summed E-state index contributed by atoms with van der Waals surface area (Å²) in [6.07, 6.45) is 0. The highest BCUT2D eigenvalue weighted by molar-refractivity contribution is 5.97. The quantitative estimate of drug-likeness (QED) is 0.697. The third-order valence-corrected chi connectivity index (χ3v) is 2.21. The Hall–Kier alpha value is -2.30. The SMILES string of the molecule is Cc1cc(N)n(C(=O)c2ccc(N)cc2)n1. The summed E-state index contributed by atoms with van der Waals surface area (Å²) < 4.78 is 1.18. The van der Waals surface area contributed by atoms with E-state index in [1.54, 1.807) is 37.3 Å². The summed E-state index contributed by atoms with van der Waals surface area (Å²) in [5.41, 5.74) is 13.0. The first kappa shape index (κ1) is 10.2. The van der Waals surface area contributed by atoms with E-state index < -0.39 is 0 Å². The van der Waals surface area contributed by atoms with Gasteiger partial charge in [0.2, 0.25) is 0 Å². The van der Waals surface area contributed by atoms with Crippen LogP contribution in [0.25, 0.3) is 0 Å². The summed E-state index contributed by atoms with van der Waals surface area (Å²) in [7, 11) is 0. The largest absolute Gasteiger partial charge is 0.399 e. The highest BCUT2D eigenvalue weighted by Crippen LogP contribution is 2.11. The lowest BCUT2D eigenvalue weighted by atomic mass is 10.2. The van der Waals surface area contributed by atoms with Gasteiger partial charge in [-0.15, -0.1) is 0 Å². The molecule has 2 aromatic rings. The second-order valence-electron chi connectivity index (χ2n) is 3.55. The fraction of sp³-hybridized carbons (Fsp3) is 0.0909. The molecule has 0 amide bonds. The molecule has 0 aliphatic heterocycles. The Morgan fingerprint density at radius 1 is 1.25 bits per heavy atom. The number of nitrogens with two attached hydrogens (primary N) is 2. The summed E-state index contributed by atoms with van der Waals surface area (Å²) in [5.74, 6) is 0.0740. The van der Waals surface area contributed by atoms with Crippen LogP contribution in [0.15, 0.2) is 30.3 Å². The van der Waals surface area contributed by atoms with E-state index in [0.29, 0.717) is 22.8 Å². The maximum atomic E-state index is 12.0. The molecule has 0 aliphatic rings. The predicted octanol–water partition coefficient (Wildman–Crippen LogP) is 1.04. The van der Waals surface area contributed by atoms with E-state index in [0.717, 1.165) is 0 Å². The minimum atomic E-state index is -0.259. The monoisotopic (exact) mass is 216 g/mol. The zero-order chi connectivity index (χ0) is 11.7. The first-order valence-electron chi connectivity index (χ1n) is 4.80. The third-order valence-electron chi connectivity index (χ3n) is 2.21. The first-order valence-corrected chi connectivity index (χ1v) is 4.80. The standard InChI is InChI=1S/C11H12N4O/c1-7-6-10(13)15(14-7)11(16)8-2-4-9(12)5-3-8/h2-6H,12-13H2,1H3. The molecule has 2 rings (SSSR count). The number of hydrogen-bond donors (Lipinski definition) is 2. The van der Waals surface area contributed by atoms with E-state index in [-0.39, 0.29) is 5.91 Å². The van der Waals surface area contributed by atoms with Gasteiger partial charge in [-0.05, 0) is 31.2 Å². The van der Waals surface area contributed by atoms with Crippen LogP contribution in [0, 0.1) is 6.92 Å². The van der Waals surface area contributed by atoms with Gasteiger partial charge in [0.1, 0.15) is 5.82 Å². The summed E-state index contributed by atoms with van der Waals surface area (Å²) in [6, 6.07) is 8.27. The fourth-order valence-electron chi connectivity index (χ4n) is 1.43. The summed E-state index contributed by atoms with van der Waals surface area (Å²) in [4.78, 5) is 12.0. The number of anilines is 2. The number of nitrogen functional groups attached to an aromatic ring is 2. The van der Waals surface area contributed by atoms with Crippen molar-refractivity contribution in [2.24, 2.45) is 0 Å². The highest BCUT2D eigenvalue weighted by Gasteiger charge is 2.12. The normalized spacial score (nSPS) is 10.3. The van der Waals surface area contributed by atoms with Crippen molar-refractivity contribution in [2.45, 2.75) is 6.92 Å². The molecule has 0 atom stereocenters. The van der Waals surface area contributed by atoms with Gasteiger partial charge in [-0.25, -0.2) is 0 Å². The Kier molecular flexibility index (Phi) is 2.36. The molecule has 0 radical (unpaired) electrons. The predicted molar refractivity (Wildman–Crippen MR) is 62.0 cm³/mol. The van der Waals surface area contributed by atoms with Gasteiger partial charge in [-0.1, -0.05) is 0 Å². The molecule has 0 saturated carbocycles. The lowest BCUT2D eigenvalue weighted by Crippen LogP contribution is -2.16. The zero-order valence-corrected chi connectivity index (χ0v) is 8.84. The van der Waals surface area contributed by atoms with Crippen LogP contribution < -0.4 is 11.5 Å². The van der Waals surface area contributed by atoms with E-state index >= 15 is 0 Å². The summed E-state index contributed by atoms with van der Waals surface area (Å²) in [6.45, 7) is 1.78. The lowest BCUT2D eigenvalue weighted by molar-refractivity contribution is 0.0947. The Morgan fingerprint density at radius 3 is 2.38 bits per heavy atom. The van der Waals surface area contributed by atoms with Crippen molar-refractivity contribution in [3.8, 4) is 0 Å². The van der Waals surface area contributed by atoms with Gasteiger partial charge >= 0.3 is 0 Å². The van der Waals surface area contributed by atoms with Crippen molar-refractivity contribution in [1.29, 1.82) is 0 Å². The number of nitrogens with zero attached hydrogens (tertiary/aromatic N) is 2. The Bertz CT molecular complexity index is 527. The molecular formula is C11H12N4O. The summed E-state index contributed by atoms with van der Waals surface area (Å²) >= 11 is 0. The van der Waals surface area contributed by atoms with Crippen molar-refractivity contribution in [1.82, 2.24) is 9.78 Å². The molecule has 0 unspecified atom stereocenters. The lowest BCUT2D eigenvalue weighted by Gasteiger charge is -2.02. The van der Waals surface area contributed by atoms with Crippen LogP contribution >= 0.6 is 0 Å². The van der Waals surface area contributed by atoms with Crippen LogP contribution in [0.2, 0.25) is 0 Å². The van der Waals surface area contributed by atoms with Crippen LogP contribution in [0.5, 0.6) is 0 Å². The Balaban J connectivity index is 2.39. The van der Waals surface area contributed by atoms with E-state index in [9.17, 15) is 4.79 Å². The minimum absolute atomic E-state index is 0.259. The number of rotatable bonds is 1. The van der Waals surface area contributed by atoms with E-state index in [1.165, 1.54) is 4.68 Å². The van der Waals surface area contributed by atoms with Gasteiger partial charge < -0.3 is 11.5 Å². The van der Waals surface area contributed by atoms with Crippen LogP contribution in [0.3, 0.4) is 0 Å². The topological polar surface area (TPSA) is 86.9 Å². The van der Waals surface area contributed by atoms with Gasteiger partial charge in [-0.3, -0.25) is 4.79 Å². The van der Waals surface area contributed by atoms with Crippen LogP contribution in [-0.4, -0.2) is 15.7 Å². The van der Waals surface area contributed by atoms with Crippen molar-refractivity contribution in [3.63, 3.8) is 0 Å². The van der Waals surface area contributed by atoms with Gasteiger partial charge in [0.05, 0.1) is 5.69 Å². The molecule has 1 aromatic heterocycles. The van der Waals surface area contributed by atoms with Crippen LogP contribution in [-0.2, 0) is 0 Å². The molecule has 0 aliphatic carbocycles. The molecule has 0 fully saturated rings. The van der Waals surface area contributed by atoms with E-state index in [1.807, 2.05) is 0 Å². The molecule has 82 valence electrons. The average molecular weight is 216 g/mol. The highest BCUT2D eigenvalue weighted by atomic mass is 16.2. The maximum Gasteiger partial charge on any atom is 0.280 e. The molecular weight excluding hydrogens is 204 g/mol. The maximum absolute atomic E-state index is 12.0. The second-order valence-corrected chi connectivity index (χ2v) is 3.55. The molecule has 0 spiro atoms. The molecule has 0 bridgehead atoms. The van der Waals surface area contributed by atoms with Crippen molar-refractivity contribution in [2.75, 3.05) is 11.5 Å². The number of hydrogen-bond acceptors (Lipinski definition) is 4. The molecule has 1 heterocycles. The Morgan fingerprint density at radius 2 is 1.88 bits per heavy atom. The molecule has 16 heavy (non-hydrogen) atoms. The molecule has 0 saturated heterocycles. The van der Waals surface area contributed by atoms with E-state index in [4.69, 9.17) is 11.5 Å². The number of carbonyl (C=O) groups excluding carboxylic acids is 1. The Labute approximate surface area is 92.7 Å². The van der Waals surface area contributed by atoms with Gasteiger partial charge in [-0.2, -0.15) is 9.78 Å². The second kappa shape index (κ2) is 3.69. The number of aryl methyl sites for hydroxylation is 1. The fourth-order valence-corrected chi connectivity index (χ4v) is 1.43. The molecule has 5 nitrogen and oxygen atoms in total. The number of aromatic nitrogens is 2. The van der Waals surface area contributed by atoms with Gasteiger partial charge in [0, 0.05) is 17.3 Å². The smallest absolute Gasteiger partial charge is 0.280 e. The molecule has 4 N–H and O–H groups in total. The van der Waals surface area contributed by atoms with Gasteiger partial charge in [0.25, 0.3) is 5.91 Å².